The monoisotopic (exact) mass is 302 g/mol. The number of terminal acetylenes is 1. The number of nitrogens with zero attached hydrogens (tertiary/aromatic N) is 2. The first-order valence-corrected chi connectivity index (χ1v) is 5.19. The summed E-state index contributed by atoms with van der Waals surface area (Å²) in [6, 6.07) is 1.94. The third-order valence-electron chi connectivity index (χ3n) is 1.48. The molecule has 68 valence electrons. The Morgan fingerprint density at radius 1 is 1.62 bits per heavy atom. The van der Waals surface area contributed by atoms with E-state index in [9.17, 15) is 0 Å². The first-order valence-electron chi connectivity index (χ1n) is 3.61. The molecule has 0 bridgehead atoms. The smallest absolute Gasteiger partial charge is 0.143 e. The molecule has 0 aliphatic carbocycles. The molecule has 0 saturated carbocycles. The zero-order valence-corrected chi connectivity index (χ0v) is 10.3. The lowest BCUT2D eigenvalue weighted by Gasteiger charge is -2.16. The molecule has 0 N–H and O–H groups in total. The quantitative estimate of drug-likeness (QED) is 0.781. The summed E-state index contributed by atoms with van der Waals surface area (Å²) in [4.78, 5) is 6.13. The standard InChI is InChI=1S/C9H8Br2N2/c1-3-4-13(2)9-8(11)5-7(10)6-12-9/h1,5-6H,4H2,2H3. The van der Waals surface area contributed by atoms with Gasteiger partial charge >= 0.3 is 0 Å². The van der Waals surface area contributed by atoms with E-state index in [-0.39, 0.29) is 0 Å². The van der Waals surface area contributed by atoms with Gasteiger partial charge in [-0.2, -0.15) is 0 Å². The topological polar surface area (TPSA) is 16.1 Å². The highest BCUT2D eigenvalue weighted by Crippen LogP contribution is 2.25. The van der Waals surface area contributed by atoms with Gasteiger partial charge in [0.05, 0.1) is 11.0 Å². The zero-order valence-electron chi connectivity index (χ0n) is 7.09. The van der Waals surface area contributed by atoms with Crippen molar-refractivity contribution in [2.24, 2.45) is 0 Å². The van der Waals surface area contributed by atoms with Crippen LogP contribution in [0.2, 0.25) is 0 Å². The molecule has 0 fully saturated rings. The van der Waals surface area contributed by atoms with Gasteiger partial charge in [-0.3, -0.25) is 0 Å². The third kappa shape index (κ3) is 2.71. The molecule has 1 aromatic heterocycles. The summed E-state index contributed by atoms with van der Waals surface area (Å²) in [6.07, 6.45) is 6.95. The van der Waals surface area contributed by atoms with E-state index in [4.69, 9.17) is 6.42 Å². The number of pyridine rings is 1. The van der Waals surface area contributed by atoms with Crippen LogP contribution in [0.25, 0.3) is 0 Å². The second kappa shape index (κ2) is 4.64. The van der Waals surface area contributed by atoms with E-state index < -0.39 is 0 Å². The molecule has 0 atom stereocenters. The minimum atomic E-state index is 0.549. The van der Waals surface area contributed by atoms with Crippen LogP contribution in [0, 0.1) is 12.3 Å². The third-order valence-corrected chi connectivity index (χ3v) is 2.50. The summed E-state index contributed by atoms with van der Waals surface area (Å²) in [5.41, 5.74) is 0. The number of aromatic nitrogens is 1. The fourth-order valence-electron chi connectivity index (χ4n) is 0.900. The minimum absolute atomic E-state index is 0.549. The maximum atomic E-state index is 5.20. The highest BCUT2D eigenvalue weighted by Gasteiger charge is 2.05. The van der Waals surface area contributed by atoms with Crippen molar-refractivity contribution < 1.29 is 0 Å². The maximum Gasteiger partial charge on any atom is 0.143 e. The van der Waals surface area contributed by atoms with Gasteiger partial charge in [0, 0.05) is 17.7 Å². The maximum absolute atomic E-state index is 5.20. The Labute approximate surface area is 94.6 Å². The van der Waals surface area contributed by atoms with Crippen LogP contribution in [0.5, 0.6) is 0 Å². The average Bonchev–Trinajstić information content (AvgIpc) is 2.04. The Kier molecular flexibility index (Phi) is 3.76. The molecule has 0 aliphatic heterocycles. The van der Waals surface area contributed by atoms with Crippen LogP contribution in [-0.2, 0) is 0 Å². The van der Waals surface area contributed by atoms with Crippen molar-refractivity contribution in [1.29, 1.82) is 0 Å². The molecule has 0 radical (unpaired) electrons. The molecule has 0 aromatic carbocycles. The van der Waals surface area contributed by atoms with Crippen LogP contribution in [-0.4, -0.2) is 18.6 Å². The van der Waals surface area contributed by atoms with Crippen LogP contribution < -0.4 is 4.90 Å². The lowest BCUT2D eigenvalue weighted by atomic mass is 10.4. The van der Waals surface area contributed by atoms with Crippen molar-refractivity contribution in [3.05, 3.63) is 21.2 Å². The van der Waals surface area contributed by atoms with E-state index in [1.54, 1.807) is 6.20 Å². The number of anilines is 1. The van der Waals surface area contributed by atoms with E-state index in [2.05, 4.69) is 42.8 Å². The summed E-state index contributed by atoms with van der Waals surface area (Å²) in [5, 5.41) is 0. The van der Waals surface area contributed by atoms with Crippen LogP contribution in [0.4, 0.5) is 5.82 Å². The molecule has 0 amide bonds. The van der Waals surface area contributed by atoms with Gasteiger partial charge < -0.3 is 4.90 Å². The van der Waals surface area contributed by atoms with E-state index in [0.29, 0.717) is 6.54 Å². The number of hydrogen-bond acceptors (Lipinski definition) is 2. The van der Waals surface area contributed by atoms with E-state index >= 15 is 0 Å². The molecule has 1 aromatic rings. The lowest BCUT2D eigenvalue weighted by molar-refractivity contribution is 0.998. The lowest BCUT2D eigenvalue weighted by Crippen LogP contribution is -2.18. The van der Waals surface area contributed by atoms with Crippen molar-refractivity contribution in [1.82, 2.24) is 4.98 Å². The van der Waals surface area contributed by atoms with E-state index in [1.807, 2.05) is 18.0 Å². The molecule has 2 nitrogen and oxygen atoms in total. The Bertz CT molecular complexity index is 344. The first kappa shape index (κ1) is 10.6. The molecule has 0 spiro atoms. The summed E-state index contributed by atoms with van der Waals surface area (Å²) in [6.45, 7) is 0.549. The predicted octanol–water partition coefficient (Wildman–Crippen LogP) is 2.68. The Hall–Kier alpha value is -0.530. The fourth-order valence-corrected chi connectivity index (χ4v) is 2.19. The SMILES string of the molecule is C#CCN(C)c1ncc(Br)cc1Br. The molecular weight excluding hydrogens is 296 g/mol. The summed E-state index contributed by atoms with van der Waals surface area (Å²) in [5.74, 6) is 3.41. The van der Waals surface area contributed by atoms with Gasteiger partial charge in [0.2, 0.25) is 0 Å². The molecule has 0 saturated heterocycles. The average molecular weight is 304 g/mol. The van der Waals surface area contributed by atoms with Gasteiger partial charge in [0.15, 0.2) is 0 Å². The normalized spacial score (nSPS) is 9.38. The minimum Gasteiger partial charge on any atom is -0.348 e. The highest BCUT2D eigenvalue weighted by atomic mass is 79.9. The number of hydrogen-bond donors (Lipinski definition) is 0. The zero-order chi connectivity index (χ0) is 9.84. The van der Waals surface area contributed by atoms with E-state index in [1.165, 1.54) is 0 Å². The Morgan fingerprint density at radius 2 is 2.31 bits per heavy atom. The van der Waals surface area contributed by atoms with Crippen LogP contribution in [0.15, 0.2) is 21.2 Å². The fraction of sp³-hybridized carbons (Fsp3) is 0.222. The second-order valence-electron chi connectivity index (χ2n) is 2.52. The first-order chi connectivity index (χ1) is 6.15. The number of halogens is 2. The highest BCUT2D eigenvalue weighted by molar-refractivity contribution is 9.11. The summed E-state index contributed by atoms with van der Waals surface area (Å²) in [7, 11) is 1.90. The molecule has 0 unspecified atom stereocenters. The Morgan fingerprint density at radius 3 is 2.85 bits per heavy atom. The molecule has 4 heteroatoms. The van der Waals surface area contributed by atoms with Gasteiger partial charge in [-0.05, 0) is 37.9 Å². The molecular formula is C9H8Br2N2. The number of rotatable bonds is 2. The largest absolute Gasteiger partial charge is 0.348 e. The van der Waals surface area contributed by atoms with Crippen LogP contribution in [0.3, 0.4) is 0 Å². The van der Waals surface area contributed by atoms with Crippen molar-refractivity contribution in [2.45, 2.75) is 0 Å². The van der Waals surface area contributed by atoms with Crippen LogP contribution >= 0.6 is 31.9 Å². The predicted molar refractivity (Wildman–Crippen MR) is 61.7 cm³/mol. The summed E-state index contributed by atoms with van der Waals surface area (Å²) >= 11 is 6.75. The van der Waals surface area contributed by atoms with Gasteiger partial charge in [0.25, 0.3) is 0 Å². The Balaban J connectivity index is 2.96. The molecule has 1 rings (SSSR count). The molecule has 0 aliphatic rings. The van der Waals surface area contributed by atoms with Crippen LogP contribution in [0.1, 0.15) is 0 Å². The van der Waals surface area contributed by atoms with Gasteiger partial charge in [-0.25, -0.2) is 4.98 Å². The van der Waals surface area contributed by atoms with Crippen molar-refractivity contribution in [3.63, 3.8) is 0 Å². The van der Waals surface area contributed by atoms with Crippen molar-refractivity contribution >= 4 is 37.7 Å². The van der Waals surface area contributed by atoms with Gasteiger partial charge in [-0.15, -0.1) is 6.42 Å². The molecule has 1 heterocycles. The van der Waals surface area contributed by atoms with Gasteiger partial charge in [0.1, 0.15) is 5.82 Å². The second-order valence-corrected chi connectivity index (χ2v) is 4.29. The van der Waals surface area contributed by atoms with Crippen molar-refractivity contribution in [3.8, 4) is 12.3 Å². The van der Waals surface area contributed by atoms with Crippen molar-refractivity contribution in [2.75, 3.05) is 18.5 Å². The summed E-state index contributed by atoms with van der Waals surface area (Å²) < 4.78 is 1.87. The molecule has 13 heavy (non-hydrogen) atoms. The van der Waals surface area contributed by atoms with Gasteiger partial charge in [-0.1, -0.05) is 5.92 Å². The van der Waals surface area contributed by atoms with E-state index in [0.717, 1.165) is 14.8 Å².